The van der Waals surface area contributed by atoms with Gasteiger partial charge in [0.15, 0.2) is 0 Å². The molecule has 0 radical (unpaired) electrons. The van der Waals surface area contributed by atoms with E-state index in [1.54, 1.807) is 6.08 Å². The number of rotatable bonds is 6. The molecule has 42 heavy (non-hydrogen) atoms. The molecule has 0 fully saturated rings. The Morgan fingerprint density at radius 1 is 0.690 bits per heavy atom. The molecule has 0 amide bonds. The van der Waals surface area contributed by atoms with Crippen LogP contribution in [-0.4, -0.2) is 5.11 Å². The molecule has 2 nitrogen and oxygen atoms in total. The number of benzene rings is 6. The van der Waals surface area contributed by atoms with E-state index < -0.39 is 5.60 Å². The van der Waals surface area contributed by atoms with Crippen LogP contribution < -0.4 is 4.90 Å². The molecular formula is C39H28BrNO. The van der Waals surface area contributed by atoms with Gasteiger partial charge in [-0.2, -0.15) is 0 Å². The first-order chi connectivity index (χ1) is 20.5. The fourth-order valence-electron chi connectivity index (χ4n) is 6.43. The maximum Gasteiger partial charge on any atom is 0.143 e. The van der Waals surface area contributed by atoms with Gasteiger partial charge in [-0.3, -0.25) is 0 Å². The van der Waals surface area contributed by atoms with Crippen LogP contribution in [0.1, 0.15) is 16.7 Å². The largest absolute Gasteiger partial charge is 0.376 e. The van der Waals surface area contributed by atoms with Gasteiger partial charge in [-0.25, -0.2) is 0 Å². The molecule has 0 spiro atoms. The third-order valence-corrected chi connectivity index (χ3v) is 8.87. The van der Waals surface area contributed by atoms with Gasteiger partial charge < -0.3 is 10.0 Å². The van der Waals surface area contributed by atoms with Crippen molar-refractivity contribution in [3.8, 4) is 11.1 Å². The molecule has 1 atom stereocenters. The third kappa shape index (κ3) is 3.89. The molecule has 202 valence electrons. The summed E-state index contributed by atoms with van der Waals surface area (Å²) in [4.78, 5) is 2.10. The minimum atomic E-state index is -1.44. The Morgan fingerprint density at radius 3 is 2.12 bits per heavy atom. The number of aliphatic hydroxyl groups is 1. The predicted octanol–water partition coefficient (Wildman–Crippen LogP) is 10.4. The van der Waals surface area contributed by atoms with E-state index in [-0.39, 0.29) is 0 Å². The van der Waals surface area contributed by atoms with Crippen LogP contribution in [0, 0.1) is 0 Å². The SMILES string of the molecule is C=C/C=C\C(=C)N(c1ccccc1)c1ccccc1C1(O)c2ccc3ccccc3c2-c2c1cc(Br)c1ccccc21. The van der Waals surface area contributed by atoms with Crippen LogP contribution in [0.3, 0.4) is 0 Å². The van der Waals surface area contributed by atoms with E-state index in [0.29, 0.717) is 0 Å². The number of anilines is 2. The highest BCUT2D eigenvalue weighted by atomic mass is 79.9. The van der Waals surface area contributed by atoms with Crippen LogP contribution in [0.4, 0.5) is 11.4 Å². The number of halogens is 1. The Kier molecular flexibility index (Phi) is 6.42. The first-order valence-electron chi connectivity index (χ1n) is 13.9. The summed E-state index contributed by atoms with van der Waals surface area (Å²) in [5, 5.41) is 17.8. The summed E-state index contributed by atoms with van der Waals surface area (Å²) >= 11 is 3.85. The Morgan fingerprint density at radius 2 is 1.33 bits per heavy atom. The third-order valence-electron chi connectivity index (χ3n) is 8.21. The fourth-order valence-corrected chi connectivity index (χ4v) is 7.00. The molecule has 0 aliphatic heterocycles. The van der Waals surface area contributed by atoms with Gasteiger partial charge >= 0.3 is 0 Å². The van der Waals surface area contributed by atoms with Crippen molar-refractivity contribution >= 4 is 48.8 Å². The van der Waals surface area contributed by atoms with Crippen LogP contribution in [0.2, 0.25) is 0 Å². The molecule has 0 aromatic heterocycles. The monoisotopic (exact) mass is 605 g/mol. The van der Waals surface area contributed by atoms with Crippen molar-refractivity contribution in [2.75, 3.05) is 4.90 Å². The van der Waals surface area contributed by atoms with Gasteiger partial charge in [-0.1, -0.05) is 138 Å². The normalized spacial score (nSPS) is 15.6. The zero-order chi connectivity index (χ0) is 28.8. The number of nitrogens with zero attached hydrogens (tertiary/aromatic N) is 1. The number of fused-ring (bicyclic) bond motifs is 7. The fraction of sp³-hybridized carbons (Fsp3) is 0.0256. The van der Waals surface area contributed by atoms with Gasteiger partial charge in [0.05, 0.1) is 5.69 Å². The van der Waals surface area contributed by atoms with Crippen LogP contribution in [-0.2, 0) is 5.60 Å². The van der Waals surface area contributed by atoms with Crippen LogP contribution >= 0.6 is 15.9 Å². The minimum Gasteiger partial charge on any atom is -0.376 e. The van der Waals surface area contributed by atoms with Crippen molar-refractivity contribution < 1.29 is 5.11 Å². The van der Waals surface area contributed by atoms with E-state index in [9.17, 15) is 5.11 Å². The van der Waals surface area contributed by atoms with E-state index in [4.69, 9.17) is 0 Å². The van der Waals surface area contributed by atoms with Crippen molar-refractivity contribution in [3.63, 3.8) is 0 Å². The van der Waals surface area contributed by atoms with Gasteiger partial charge in [0, 0.05) is 32.5 Å². The Hall–Kier alpha value is -4.70. The van der Waals surface area contributed by atoms with E-state index in [0.717, 1.165) is 70.9 Å². The Balaban J connectivity index is 1.60. The number of hydrogen-bond donors (Lipinski definition) is 1. The van der Waals surface area contributed by atoms with Crippen molar-refractivity contribution in [3.05, 3.63) is 180 Å². The Labute approximate surface area is 254 Å². The van der Waals surface area contributed by atoms with E-state index in [1.165, 1.54) is 0 Å². The van der Waals surface area contributed by atoms with E-state index in [2.05, 4.69) is 119 Å². The first kappa shape index (κ1) is 26.2. The minimum absolute atomic E-state index is 0.758. The molecule has 3 heteroatoms. The standard InChI is InChI=1S/C39H28BrNO/c1-3-4-14-26(2)41(28-16-6-5-7-17-28)36-22-13-12-21-32(36)39(42)33-24-23-27-15-8-9-18-29(27)37(33)38-31-20-11-10-19-30(31)35(40)25-34(38)39/h3-25,42H,1-2H2/b14-4-. The number of para-hydroxylation sites is 2. The summed E-state index contributed by atoms with van der Waals surface area (Å²) in [6, 6.07) is 41.4. The molecule has 0 heterocycles. The molecule has 6 aromatic carbocycles. The molecule has 1 unspecified atom stereocenters. The average Bonchev–Trinajstić information content (AvgIpc) is 3.30. The van der Waals surface area contributed by atoms with Crippen LogP contribution in [0.15, 0.2) is 163 Å². The van der Waals surface area contributed by atoms with Gasteiger partial charge in [0.1, 0.15) is 5.60 Å². The maximum absolute atomic E-state index is 13.3. The van der Waals surface area contributed by atoms with Crippen molar-refractivity contribution in [2.45, 2.75) is 5.60 Å². The second-order valence-electron chi connectivity index (χ2n) is 10.5. The molecule has 0 saturated heterocycles. The number of hydrogen-bond acceptors (Lipinski definition) is 2. The summed E-state index contributed by atoms with van der Waals surface area (Å²) in [5.74, 6) is 0. The second kappa shape index (κ2) is 10.3. The lowest BCUT2D eigenvalue weighted by molar-refractivity contribution is 0.131. The highest BCUT2D eigenvalue weighted by molar-refractivity contribution is 9.10. The topological polar surface area (TPSA) is 23.5 Å². The molecule has 1 aliphatic carbocycles. The second-order valence-corrected chi connectivity index (χ2v) is 11.4. The van der Waals surface area contributed by atoms with Gasteiger partial charge in [0.25, 0.3) is 0 Å². The quantitative estimate of drug-likeness (QED) is 0.191. The lowest BCUT2D eigenvalue weighted by Gasteiger charge is -2.34. The molecule has 1 aliphatic rings. The van der Waals surface area contributed by atoms with Gasteiger partial charge in [-0.15, -0.1) is 0 Å². The summed E-state index contributed by atoms with van der Waals surface area (Å²) in [6.45, 7) is 8.27. The summed E-state index contributed by atoms with van der Waals surface area (Å²) < 4.78 is 0.947. The molecule has 1 N–H and O–H groups in total. The zero-order valence-corrected chi connectivity index (χ0v) is 24.6. The van der Waals surface area contributed by atoms with Crippen molar-refractivity contribution in [2.24, 2.45) is 0 Å². The molecular weight excluding hydrogens is 578 g/mol. The molecule has 0 bridgehead atoms. The van der Waals surface area contributed by atoms with Crippen molar-refractivity contribution in [1.82, 2.24) is 0 Å². The van der Waals surface area contributed by atoms with Gasteiger partial charge in [0.2, 0.25) is 0 Å². The average molecular weight is 607 g/mol. The van der Waals surface area contributed by atoms with Crippen LogP contribution in [0.25, 0.3) is 32.7 Å². The highest BCUT2D eigenvalue weighted by Gasteiger charge is 2.46. The van der Waals surface area contributed by atoms with E-state index in [1.807, 2.05) is 48.6 Å². The summed E-state index contributed by atoms with van der Waals surface area (Å²) in [5.41, 5.74) is 5.75. The highest BCUT2D eigenvalue weighted by Crippen LogP contribution is 2.58. The molecule has 7 rings (SSSR count). The van der Waals surface area contributed by atoms with E-state index >= 15 is 0 Å². The smallest absolute Gasteiger partial charge is 0.143 e. The first-order valence-corrected chi connectivity index (χ1v) is 14.7. The summed E-state index contributed by atoms with van der Waals surface area (Å²) in [7, 11) is 0. The van der Waals surface area contributed by atoms with Gasteiger partial charge in [-0.05, 0) is 63.0 Å². The Bertz CT molecular complexity index is 2060. The number of allylic oxidation sites excluding steroid dienone is 3. The predicted molar refractivity (Wildman–Crippen MR) is 180 cm³/mol. The summed E-state index contributed by atoms with van der Waals surface area (Å²) in [6.07, 6.45) is 5.56. The molecule has 0 saturated carbocycles. The van der Waals surface area contributed by atoms with Crippen molar-refractivity contribution in [1.29, 1.82) is 0 Å². The molecule has 6 aromatic rings. The van der Waals surface area contributed by atoms with Crippen LogP contribution in [0.5, 0.6) is 0 Å². The lowest BCUT2D eigenvalue weighted by atomic mass is 9.82. The maximum atomic E-state index is 13.3. The zero-order valence-electron chi connectivity index (χ0n) is 23.0. The lowest BCUT2D eigenvalue weighted by Crippen LogP contribution is -2.29.